The van der Waals surface area contributed by atoms with E-state index in [-0.39, 0.29) is 12.3 Å². The predicted molar refractivity (Wildman–Crippen MR) is 87.0 cm³/mol. The van der Waals surface area contributed by atoms with E-state index in [1.807, 2.05) is 0 Å². The van der Waals surface area contributed by atoms with Crippen LogP contribution in [0.4, 0.5) is 0 Å². The van der Waals surface area contributed by atoms with Crippen LogP contribution in [0.5, 0.6) is 5.75 Å². The molecular formula is C17H15BrNO4-. The molecule has 2 rings (SSSR count). The molecule has 0 aromatic heterocycles. The summed E-state index contributed by atoms with van der Waals surface area (Å²) in [5.41, 5.74) is 1.11. The van der Waals surface area contributed by atoms with Gasteiger partial charge in [0, 0.05) is 22.4 Å². The lowest BCUT2D eigenvalue weighted by Gasteiger charge is -2.20. The van der Waals surface area contributed by atoms with Crippen molar-refractivity contribution >= 4 is 27.8 Å². The van der Waals surface area contributed by atoms with Gasteiger partial charge in [0.1, 0.15) is 5.75 Å². The third-order valence-corrected chi connectivity index (χ3v) is 3.77. The van der Waals surface area contributed by atoms with Crippen LogP contribution >= 0.6 is 15.9 Å². The van der Waals surface area contributed by atoms with E-state index in [1.165, 1.54) is 0 Å². The molecule has 0 fully saturated rings. The summed E-state index contributed by atoms with van der Waals surface area (Å²) in [6.07, 6.45) is -0.313. The smallest absolute Gasteiger partial charge is 0.251 e. The van der Waals surface area contributed by atoms with E-state index in [0.29, 0.717) is 16.9 Å². The number of amides is 1. The molecule has 5 nitrogen and oxygen atoms in total. The van der Waals surface area contributed by atoms with Crippen molar-refractivity contribution in [2.75, 3.05) is 7.11 Å². The number of aliphatic carboxylic acids is 1. The Bertz CT molecular complexity index is 700. The molecule has 1 atom stereocenters. The zero-order valence-electron chi connectivity index (χ0n) is 12.4. The van der Waals surface area contributed by atoms with Crippen molar-refractivity contribution < 1.29 is 19.4 Å². The SMILES string of the molecule is COc1ccc([C@H](CC(=O)[O-])NC(=O)c2cccc(Br)c2)cc1. The Hall–Kier alpha value is -2.34. The number of rotatable bonds is 6. The largest absolute Gasteiger partial charge is 0.550 e. The number of benzene rings is 2. The van der Waals surface area contributed by atoms with Crippen molar-refractivity contribution in [2.45, 2.75) is 12.5 Å². The Labute approximate surface area is 142 Å². The average molecular weight is 377 g/mol. The van der Waals surface area contributed by atoms with Gasteiger partial charge in [-0.05, 0) is 35.9 Å². The highest BCUT2D eigenvalue weighted by molar-refractivity contribution is 9.10. The standard InChI is InChI=1S/C17H16BrNO4/c1-23-14-7-5-11(6-8-14)15(10-16(20)21)19-17(22)12-3-2-4-13(18)9-12/h2-9,15H,10H2,1H3,(H,19,22)(H,20,21)/p-1/t15-/m0/s1. The Balaban J connectivity index is 2.20. The first-order chi connectivity index (χ1) is 11.0. The number of carboxylic acid groups (broad SMARTS) is 1. The molecule has 0 aliphatic rings. The first-order valence-corrected chi connectivity index (χ1v) is 7.69. The molecule has 0 saturated heterocycles. The van der Waals surface area contributed by atoms with Crippen molar-refractivity contribution in [3.05, 3.63) is 64.1 Å². The summed E-state index contributed by atoms with van der Waals surface area (Å²) >= 11 is 3.30. The second kappa shape index (κ2) is 7.78. The van der Waals surface area contributed by atoms with E-state index in [1.54, 1.807) is 55.6 Å². The van der Waals surface area contributed by atoms with Crippen molar-refractivity contribution in [2.24, 2.45) is 0 Å². The fourth-order valence-electron chi connectivity index (χ4n) is 2.13. The van der Waals surface area contributed by atoms with Gasteiger partial charge in [-0.1, -0.05) is 34.1 Å². The van der Waals surface area contributed by atoms with Crippen LogP contribution in [0.1, 0.15) is 28.4 Å². The Morgan fingerprint density at radius 3 is 2.48 bits per heavy atom. The van der Waals surface area contributed by atoms with Gasteiger partial charge in [-0.2, -0.15) is 0 Å². The number of carbonyl (C=O) groups is 2. The molecule has 23 heavy (non-hydrogen) atoms. The molecule has 0 saturated carbocycles. The maximum Gasteiger partial charge on any atom is 0.251 e. The van der Waals surface area contributed by atoms with Gasteiger partial charge in [-0.25, -0.2) is 0 Å². The number of carbonyl (C=O) groups excluding carboxylic acids is 2. The van der Waals surface area contributed by atoms with E-state index < -0.39 is 12.0 Å². The minimum absolute atomic E-state index is 0.313. The van der Waals surface area contributed by atoms with Gasteiger partial charge >= 0.3 is 0 Å². The molecule has 1 N–H and O–H groups in total. The predicted octanol–water partition coefficient (Wildman–Crippen LogP) is 2.07. The monoisotopic (exact) mass is 376 g/mol. The number of nitrogens with one attached hydrogen (secondary N) is 1. The topological polar surface area (TPSA) is 78.5 Å². The summed E-state index contributed by atoms with van der Waals surface area (Å²) in [4.78, 5) is 23.3. The molecule has 120 valence electrons. The van der Waals surface area contributed by atoms with Gasteiger partial charge in [0.25, 0.3) is 5.91 Å². The zero-order chi connectivity index (χ0) is 16.8. The third-order valence-electron chi connectivity index (χ3n) is 3.28. The fourth-order valence-corrected chi connectivity index (χ4v) is 2.53. The third kappa shape index (κ3) is 4.82. The van der Waals surface area contributed by atoms with Gasteiger partial charge in [0.05, 0.1) is 13.2 Å². The average Bonchev–Trinajstić information content (AvgIpc) is 2.54. The summed E-state index contributed by atoms with van der Waals surface area (Å²) < 4.78 is 5.84. The van der Waals surface area contributed by atoms with Crippen LogP contribution in [0.25, 0.3) is 0 Å². The van der Waals surface area contributed by atoms with E-state index in [0.717, 1.165) is 4.47 Å². The van der Waals surface area contributed by atoms with Crippen molar-refractivity contribution in [3.8, 4) is 5.75 Å². The maximum absolute atomic E-state index is 12.3. The molecule has 0 unspecified atom stereocenters. The lowest BCUT2D eigenvalue weighted by Crippen LogP contribution is -2.34. The fraction of sp³-hybridized carbons (Fsp3) is 0.176. The van der Waals surface area contributed by atoms with Crippen molar-refractivity contribution in [3.63, 3.8) is 0 Å². The lowest BCUT2D eigenvalue weighted by molar-refractivity contribution is -0.306. The minimum atomic E-state index is -1.24. The van der Waals surface area contributed by atoms with E-state index in [9.17, 15) is 14.7 Å². The molecule has 0 aliphatic carbocycles. The number of hydrogen-bond acceptors (Lipinski definition) is 4. The highest BCUT2D eigenvalue weighted by Crippen LogP contribution is 2.21. The molecule has 1 amide bonds. The van der Waals surface area contributed by atoms with Gasteiger partial charge < -0.3 is 20.0 Å². The first-order valence-electron chi connectivity index (χ1n) is 6.90. The van der Waals surface area contributed by atoms with Crippen LogP contribution in [-0.2, 0) is 4.79 Å². The van der Waals surface area contributed by atoms with Gasteiger partial charge in [-0.15, -0.1) is 0 Å². The molecule has 2 aromatic rings. The summed E-state index contributed by atoms with van der Waals surface area (Å²) in [5.74, 6) is -0.937. The number of hydrogen-bond donors (Lipinski definition) is 1. The Morgan fingerprint density at radius 2 is 1.91 bits per heavy atom. The quantitative estimate of drug-likeness (QED) is 0.836. The molecule has 2 aromatic carbocycles. The zero-order valence-corrected chi connectivity index (χ0v) is 14.0. The summed E-state index contributed by atoms with van der Waals surface area (Å²) in [6, 6.07) is 13.0. The van der Waals surface area contributed by atoms with Crippen LogP contribution in [0.15, 0.2) is 53.0 Å². The molecule has 0 spiro atoms. The molecular weight excluding hydrogens is 362 g/mol. The first kappa shape index (κ1) is 17.0. The summed E-state index contributed by atoms with van der Waals surface area (Å²) in [5, 5.41) is 13.7. The van der Waals surface area contributed by atoms with E-state index in [4.69, 9.17) is 4.74 Å². The van der Waals surface area contributed by atoms with Gasteiger partial charge in [0.2, 0.25) is 0 Å². The number of carboxylic acids is 1. The molecule has 0 heterocycles. The molecule has 0 radical (unpaired) electrons. The lowest BCUT2D eigenvalue weighted by atomic mass is 10.0. The molecule has 6 heteroatoms. The second-order valence-corrected chi connectivity index (χ2v) is 5.80. The van der Waals surface area contributed by atoms with Crippen molar-refractivity contribution in [1.82, 2.24) is 5.32 Å². The Morgan fingerprint density at radius 1 is 1.22 bits per heavy atom. The van der Waals surface area contributed by atoms with Crippen LogP contribution in [0.3, 0.4) is 0 Å². The second-order valence-electron chi connectivity index (χ2n) is 4.89. The number of ether oxygens (including phenoxy) is 1. The van der Waals surface area contributed by atoms with Crippen LogP contribution < -0.4 is 15.2 Å². The molecule has 0 aliphatic heterocycles. The van der Waals surface area contributed by atoms with Gasteiger partial charge in [0.15, 0.2) is 0 Å². The highest BCUT2D eigenvalue weighted by Gasteiger charge is 2.16. The Kier molecular flexibility index (Phi) is 5.76. The summed E-state index contributed by atoms with van der Waals surface area (Å²) in [6.45, 7) is 0. The van der Waals surface area contributed by atoms with Crippen molar-refractivity contribution in [1.29, 1.82) is 0 Å². The van der Waals surface area contributed by atoms with Crippen LogP contribution in [0, 0.1) is 0 Å². The molecule has 0 bridgehead atoms. The maximum atomic E-state index is 12.3. The highest BCUT2D eigenvalue weighted by atomic mass is 79.9. The number of methoxy groups -OCH3 is 1. The van der Waals surface area contributed by atoms with Gasteiger partial charge in [-0.3, -0.25) is 4.79 Å². The van der Waals surface area contributed by atoms with Crippen LogP contribution in [0.2, 0.25) is 0 Å². The van der Waals surface area contributed by atoms with E-state index in [2.05, 4.69) is 21.2 Å². The van der Waals surface area contributed by atoms with E-state index >= 15 is 0 Å². The number of halogens is 1. The summed E-state index contributed by atoms with van der Waals surface area (Å²) in [7, 11) is 1.54. The normalized spacial score (nSPS) is 11.6. The minimum Gasteiger partial charge on any atom is -0.550 e. The van der Waals surface area contributed by atoms with Crippen LogP contribution in [-0.4, -0.2) is 19.0 Å².